The van der Waals surface area contributed by atoms with Crippen molar-refractivity contribution in [3.8, 4) is 0 Å². The van der Waals surface area contributed by atoms with Crippen molar-refractivity contribution >= 4 is 125 Å². The van der Waals surface area contributed by atoms with Crippen molar-refractivity contribution in [1.29, 1.82) is 0 Å². The molecule has 0 spiro atoms. The van der Waals surface area contributed by atoms with Gasteiger partial charge in [-0.25, -0.2) is 9.79 Å². The third kappa shape index (κ3) is 32.1. The van der Waals surface area contributed by atoms with E-state index in [-0.39, 0.29) is 0 Å². The topological polar surface area (TPSA) is 685 Å². The van der Waals surface area contributed by atoms with E-state index >= 15 is 0 Å². The molecule has 14 bridgehead atoms. The molecule has 21 rings (SSSR count). The van der Waals surface area contributed by atoms with Crippen molar-refractivity contribution in [2.24, 2.45) is 4.99 Å². The quantitative estimate of drug-likeness (QED) is 0.0318. The molecule has 21 heterocycles. The second-order valence-corrected chi connectivity index (χ2v) is 31.8. The molecule has 35 atom stereocenters. The van der Waals surface area contributed by atoms with Crippen molar-refractivity contribution < 1.29 is 262 Å². The summed E-state index contributed by atoms with van der Waals surface area (Å²) in [6.07, 6.45) is -80.0. The number of carbonyl (C=O) groups excluding carboxylic acids is 21. The van der Waals surface area contributed by atoms with Crippen LogP contribution in [-0.2, 0) is 262 Å². The van der Waals surface area contributed by atoms with E-state index in [0.29, 0.717) is 0 Å². The largest absolute Gasteiger partial charge is 0.463 e. The minimum atomic E-state index is -2.47. The summed E-state index contributed by atoms with van der Waals surface area (Å²) < 4.78 is 209. The molecule has 0 aliphatic carbocycles. The van der Waals surface area contributed by atoms with Gasteiger partial charge in [0, 0.05) is 138 Å². The summed E-state index contributed by atoms with van der Waals surface area (Å²) in [6.45, 7) is 8.61. The Kier molecular flexibility index (Phi) is 41.6. The maximum atomic E-state index is 13.9. The van der Waals surface area contributed by atoms with E-state index in [1.807, 2.05) is 0 Å². The van der Waals surface area contributed by atoms with Gasteiger partial charge in [-0.2, -0.15) is 0 Å². The van der Waals surface area contributed by atoms with Crippen LogP contribution in [-0.4, -0.2) is 387 Å². The van der Waals surface area contributed by atoms with Gasteiger partial charge in [0.15, 0.2) is 129 Å². The molecule has 56 heteroatoms. The lowest BCUT2D eigenvalue weighted by atomic mass is 9.94. The summed E-state index contributed by atoms with van der Waals surface area (Å²) in [5, 5.41) is 0. The zero-order valence-corrected chi connectivity index (χ0v) is 78.6. The fourth-order valence-electron chi connectivity index (χ4n) is 15.9. The summed E-state index contributed by atoms with van der Waals surface area (Å²) in [4.78, 5) is 290. The molecule has 139 heavy (non-hydrogen) atoms. The highest BCUT2D eigenvalue weighted by atomic mass is 16.8. The molecule has 0 amide bonds. The molecule has 21 saturated heterocycles. The molecule has 0 aromatic rings. The van der Waals surface area contributed by atoms with Gasteiger partial charge >= 0.3 is 119 Å². The highest BCUT2D eigenvalue weighted by Crippen LogP contribution is 2.45. The van der Waals surface area contributed by atoms with E-state index in [2.05, 4.69) is 4.99 Å². The van der Waals surface area contributed by atoms with Crippen molar-refractivity contribution in [1.82, 2.24) is 0 Å². The Morgan fingerprint density at radius 3 is 0.403 bits per heavy atom. The van der Waals surface area contributed by atoms with Gasteiger partial charge in [0.1, 0.15) is 125 Å². The summed E-state index contributed by atoms with van der Waals surface area (Å²) in [7, 11) is 0. The average molecular weight is 2000 g/mol. The number of carbonyl (C=O) groups is 20. The van der Waals surface area contributed by atoms with Gasteiger partial charge in [-0.3, -0.25) is 95.9 Å². The standard InChI is InChI=1S/C83H109NO55/c1-29(86)106-22-50-57-64(113-36(8)93)72(121-44(16)101)79(128-50)136-59-52(24-108-31(3)88)130-81(74(123-46(18)103)66(59)115-38(10)95)138-61-54(26-110-33(5)90)132-83(76(125-48(20)105)68(61)117-40(12)97)139-62-55(27-111-34(6)91)131-82(75(124-47(19)104)69(62)118-41(13)98)137-60-53(25-109-32(4)89)129-80(73(122-45(17)102)67(60)116-39(11)96)135-58-51(23-107-30(2)87)127-78(71(120-43(15)100)65(58)114-37(9)94)133-56-49(21-84-28-85)126-77(134-57)70(119-42(14)99)63(56)112-35(7)92/h49-83H,21-27H2,1-20H3/t49-,50-,51-,52-,53-,54-,55-,56-,57-,58-,59-,60-,61-,62-,63+,64+,65+,66+,67+,68+,69+,70-,71-,72-,73-,74-,75-,76-,77-,78-,79-,80-,81-,82-,83-/m1/s1. The van der Waals surface area contributed by atoms with Crippen LogP contribution < -0.4 is 0 Å². The molecule has 21 aliphatic rings. The van der Waals surface area contributed by atoms with Gasteiger partial charge in [-0.1, -0.05) is 0 Å². The van der Waals surface area contributed by atoms with Gasteiger partial charge in [0.05, 0.1) is 6.54 Å². The van der Waals surface area contributed by atoms with Crippen LogP contribution in [0.1, 0.15) is 138 Å². The molecule has 0 saturated carbocycles. The van der Waals surface area contributed by atoms with Crippen LogP contribution in [0, 0.1) is 0 Å². The van der Waals surface area contributed by atoms with Crippen LogP contribution in [0.5, 0.6) is 0 Å². The Labute approximate surface area is 789 Å². The number of esters is 20. The Morgan fingerprint density at radius 1 is 0.173 bits per heavy atom. The summed E-state index contributed by atoms with van der Waals surface area (Å²) in [5.74, 6) is -25.1. The normalized spacial score (nSPS) is 34.8. The second-order valence-electron chi connectivity index (χ2n) is 31.8. The van der Waals surface area contributed by atoms with Crippen molar-refractivity contribution in [2.75, 3.05) is 46.2 Å². The minimum absolute atomic E-state index is 0.789. The van der Waals surface area contributed by atoms with E-state index in [1.54, 1.807) is 0 Å². The van der Waals surface area contributed by atoms with Crippen LogP contribution in [0.4, 0.5) is 0 Å². The Balaban J connectivity index is 1.51. The zero-order valence-electron chi connectivity index (χ0n) is 78.6. The third-order valence-electron chi connectivity index (χ3n) is 20.4. The first-order chi connectivity index (χ1) is 65.3. The summed E-state index contributed by atoms with van der Waals surface area (Å²) in [5.41, 5.74) is 0. The molecule has 0 aromatic carbocycles. The van der Waals surface area contributed by atoms with E-state index < -0.39 is 381 Å². The van der Waals surface area contributed by atoms with Crippen molar-refractivity contribution in [3.63, 3.8) is 0 Å². The third-order valence-corrected chi connectivity index (χ3v) is 20.4. The zero-order chi connectivity index (χ0) is 103. The SMILES string of the molecule is CC(=O)OC[C@H]1O[C@@H]2O[C@H]3[C@H](OC(C)=O)[C@@H](OC(C)=O)[C@@H](O[C@H]4[C@H](OC(C)=O)[C@@H](OC(C)=O)[C@@H](O[C@H]5[C@H](OC(C)=O)[C@@H](OC(C)=O)[C@@H](O[C@H]6[C@H](OC(C)=O)[C@@H](OC(C)=O)[C@@H](O[C@H]7[C@H](OC(C)=O)[C@@H](OC(C)=O)[C@@H](O[C@H]8[C@H](OC(C)=O)[C@@H](OC(C)=O)[C@@H](O[C@H]1[C@H](OC(C)=O)[C@H]2OC(C)=O)O[C@@H]8CN=C=O)O[C@@H]7COC(C)=O)O[C@@H]6COC(C)=O)O[C@@H]5COC(C)=O)O[C@@H]4COC(C)=O)O[C@@H]3COC(C)=O. The first-order valence-electron chi connectivity index (χ1n) is 42.7. The smallest absolute Gasteiger partial charge is 0.303 e. The minimum Gasteiger partial charge on any atom is -0.463 e. The van der Waals surface area contributed by atoms with Gasteiger partial charge in [-0.15, -0.1) is 0 Å². The summed E-state index contributed by atoms with van der Waals surface area (Å²) in [6, 6.07) is 0. The number of nitrogens with zero attached hydrogens (tertiary/aromatic N) is 1. The Bertz CT molecular complexity index is 4350. The molecule has 0 unspecified atom stereocenters. The first kappa shape index (κ1) is 113. The highest BCUT2D eigenvalue weighted by Gasteiger charge is 2.66. The van der Waals surface area contributed by atoms with Gasteiger partial charge in [0.2, 0.25) is 6.08 Å². The van der Waals surface area contributed by atoms with Crippen LogP contribution in [0.2, 0.25) is 0 Å². The van der Waals surface area contributed by atoms with E-state index in [0.717, 1.165) is 138 Å². The lowest BCUT2D eigenvalue weighted by Gasteiger charge is -2.52. The number of hydrogen-bond donors (Lipinski definition) is 0. The second kappa shape index (κ2) is 51.4. The Morgan fingerprint density at radius 2 is 0.288 bits per heavy atom. The first-order valence-corrected chi connectivity index (χ1v) is 42.7. The lowest BCUT2D eigenvalue weighted by molar-refractivity contribution is -0.396. The van der Waals surface area contributed by atoms with Crippen molar-refractivity contribution in [2.45, 2.75) is 353 Å². The maximum Gasteiger partial charge on any atom is 0.303 e. The molecule has 776 valence electrons. The van der Waals surface area contributed by atoms with Crippen LogP contribution in [0.3, 0.4) is 0 Å². The van der Waals surface area contributed by atoms with Crippen LogP contribution in [0.25, 0.3) is 0 Å². The molecule has 0 N–H and O–H groups in total. The molecule has 0 aromatic heterocycles. The Hall–Kier alpha value is -11.8. The van der Waals surface area contributed by atoms with Gasteiger partial charge < -0.3 is 161 Å². The predicted octanol–water partition coefficient (Wildman–Crippen LogP) is -3.47. The van der Waals surface area contributed by atoms with Gasteiger partial charge in [0.25, 0.3) is 0 Å². The van der Waals surface area contributed by atoms with Crippen LogP contribution in [0.15, 0.2) is 4.99 Å². The van der Waals surface area contributed by atoms with Gasteiger partial charge in [-0.05, 0) is 0 Å². The molecular weight excluding hydrogens is 1890 g/mol. The lowest BCUT2D eigenvalue weighted by Crippen LogP contribution is -2.70. The fraction of sp³-hybridized carbons (Fsp3) is 0.747. The maximum absolute atomic E-state index is 13.9. The summed E-state index contributed by atoms with van der Waals surface area (Å²) >= 11 is 0. The number of aliphatic imine (C=N–C) groups is 1. The average Bonchev–Trinajstić information content (AvgIpc) is 0.852. The van der Waals surface area contributed by atoms with E-state index in [4.69, 9.17) is 161 Å². The molecule has 21 aliphatic heterocycles. The number of hydrogen-bond acceptors (Lipinski definition) is 56. The van der Waals surface area contributed by atoms with E-state index in [9.17, 15) is 101 Å². The number of rotatable bonds is 28. The van der Waals surface area contributed by atoms with E-state index in [1.165, 1.54) is 6.08 Å². The number of ether oxygens (including phenoxy) is 34. The van der Waals surface area contributed by atoms with Crippen molar-refractivity contribution in [3.05, 3.63) is 0 Å². The molecular formula is C83H109NO55. The molecule has 56 nitrogen and oxygen atoms in total. The van der Waals surface area contributed by atoms with Crippen LogP contribution >= 0.6 is 0 Å². The molecule has 0 radical (unpaired) electrons. The predicted molar refractivity (Wildman–Crippen MR) is 425 cm³/mol. The fourth-order valence-corrected chi connectivity index (χ4v) is 15.9. The molecule has 21 fully saturated rings. The number of isocyanates is 1. The monoisotopic (exact) mass is 2000 g/mol. The highest BCUT2D eigenvalue weighted by molar-refractivity contribution is 5.73.